The van der Waals surface area contributed by atoms with Crippen molar-refractivity contribution in [3.8, 4) is 0 Å². The molecule has 1 heterocycles. The van der Waals surface area contributed by atoms with Gasteiger partial charge in [-0.3, -0.25) is 9.97 Å². The zero-order valence-electron chi connectivity index (χ0n) is 15.1. The second-order valence-corrected chi connectivity index (χ2v) is 6.54. The van der Waals surface area contributed by atoms with E-state index in [1.54, 1.807) is 0 Å². The van der Waals surface area contributed by atoms with E-state index in [2.05, 4.69) is 25.8 Å². The lowest BCUT2D eigenvalue weighted by molar-refractivity contribution is 0.486. The van der Waals surface area contributed by atoms with Gasteiger partial charge in [0, 0.05) is 18.3 Å². The lowest BCUT2D eigenvalue weighted by atomic mass is 9.92. The third-order valence-electron chi connectivity index (χ3n) is 4.55. The monoisotopic (exact) mass is 304 g/mol. The summed E-state index contributed by atoms with van der Waals surface area (Å²) in [6, 6.07) is 0. The van der Waals surface area contributed by atoms with E-state index in [4.69, 9.17) is 4.98 Å². The Balaban J connectivity index is 2.47. The SMILES string of the molecule is CCCCCCCCC(CCCCC)c1cncc(CC)n1. The van der Waals surface area contributed by atoms with Gasteiger partial charge in [0.1, 0.15) is 0 Å². The number of unbranched alkanes of at least 4 members (excludes halogenated alkanes) is 7. The molecule has 1 rings (SSSR count). The van der Waals surface area contributed by atoms with Gasteiger partial charge in [-0.05, 0) is 19.3 Å². The third-order valence-corrected chi connectivity index (χ3v) is 4.55. The maximum Gasteiger partial charge on any atom is 0.0620 e. The maximum absolute atomic E-state index is 4.84. The van der Waals surface area contributed by atoms with E-state index in [0.29, 0.717) is 5.92 Å². The van der Waals surface area contributed by atoms with Crippen LogP contribution in [0.2, 0.25) is 0 Å². The molecule has 0 bridgehead atoms. The van der Waals surface area contributed by atoms with Crippen LogP contribution in [-0.4, -0.2) is 9.97 Å². The fourth-order valence-corrected chi connectivity index (χ4v) is 3.04. The molecule has 1 aromatic heterocycles. The average Bonchev–Trinajstić information content (AvgIpc) is 2.56. The van der Waals surface area contributed by atoms with Gasteiger partial charge < -0.3 is 0 Å². The Kier molecular flexibility index (Phi) is 11.0. The summed E-state index contributed by atoms with van der Waals surface area (Å²) in [5.74, 6) is 0.622. The highest BCUT2D eigenvalue weighted by Crippen LogP contribution is 2.27. The first kappa shape index (κ1) is 19.1. The van der Waals surface area contributed by atoms with Crippen molar-refractivity contribution in [2.24, 2.45) is 0 Å². The number of hydrogen-bond donors (Lipinski definition) is 0. The van der Waals surface area contributed by atoms with E-state index in [1.165, 1.54) is 76.3 Å². The molecule has 22 heavy (non-hydrogen) atoms. The van der Waals surface area contributed by atoms with Crippen molar-refractivity contribution in [3.05, 3.63) is 23.8 Å². The predicted octanol–water partition coefficient (Wildman–Crippen LogP) is 6.45. The van der Waals surface area contributed by atoms with Gasteiger partial charge in [0.15, 0.2) is 0 Å². The van der Waals surface area contributed by atoms with E-state index in [1.807, 2.05) is 12.4 Å². The largest absolute Gasteiger partial charge is 0.261 e. The molecule has 0 aliphatic rings. The van der Waals surface area contributed by atoms with Crippen LogP contribution < -0.4 is 0 Å². The van der Waals surface area contributed by atoms with E-state index in [9.17, 15) is 0 Å². The molecule has 0 radical (unpaired) electrons. The molecule has 0 aromatic carbocycles. The van der Waals surface area contributed by atoms with Crippen LogP contribution in [0, 0.1) is 0 Å². The summed E-state index contributed by atoms with van der Waals surface area (Å²) in [4.78, 5) is 9.25. The van der Waals surface area contributed by atoms with Gasteiger partial charge in [-0.25, -0.2) is 0 Å². The molecule has 1 aromatic rings. The highest BCUT2D eigenvalue weighted by Gasteiger charge is 2.13. The predicted molar refractivity (Wildman–Crippen MR) is 96.3 cm³/mol. The van der Waals surface area contributed by atoms with Crippen molar-refractivity contribution in [2.45, 2.75) is 104 Å². The number of hydrogen-bond acceptors (Lipinski definition) is 2. The van der Waals surface area contributed by atoms with Crippen molar-refractivity contribution in [1.29, 1.82) is 0 Å². The molecule has 2 nitrogen and oxygen atoms in total. The highest BCUT2D eigenvalue weighted by atomic mass is 14.8. The van der Waals surface area contributed by atoms with E-state index in [0.717, 1.165) is 12.1 Å². The zero-order valence-corrected chi connectivity index (χ0v) is 15.1. The van der Waals surface area contributed by atoms with Crippen LogP contribution in [0.3, 0.4) is 0 Å². The molecular formula is C20H36N2. The lowest BCUT2D eigenvalue weighted by Crippen LogP contribution is -2.05. The quantitative estimate of drug-likeness (QED) is 0.391. The second kappa shape index (κ2) is 12.6. The number of aromatic nitrogens is 2. The number of nitrogens with zero attached hydrogens (tertiary/aromatic N) is 2. The summed E-state index contributed by atoms with van der Waals surface area (Å²) in [5, 5.41) is 0. The molecule has 0 N–H and O–H groups in total. The van der Waals surface area contributed by atoms with Gasteiger partial charge in [0.05, 0.1) is 11.4 Å². The second-order valence-electron chi connectivity index (χ2n) is 6.54. The topological polar surface area (TPSA) is 25.8 Å². The average molecular weight is 305 g/mol. The Hall–Kier alpha value is -0.920. The van der Waals surface area contributed by atoms with E-state index in [-0.39, 0.29) is 0 Å². The van der Waals surface area contributed by atoms with Gasteiger partial charge in [-0.2, -0.15) is 0 Å². The highest BCUT2D eigenvalue weighted by molar-refractivity contribution is 5.08. The van der Waals surface area contributed by atoms with Gasteiger partial charge in [0.2, 0.25) is 0 Å². The summed E-state index contributed by atoms with van der Waals surface area (Å²) in [5.41, 5.74) is 2.38. The number of aryl methyl sites for hydroxylation is 1. The van der Waals surface area contributed by atoms with Crippen molar-refractivity contribution >= 4 is 0 Å². The summed E-state index contributed by atoms with van der Waals surface area (Å²) in [6.07, 6.45) is 19.7. The molecule has 0 aliphatic carbocycles. The lowest BCUT2D eigenvalue weighted by Gasteiger charge is -2.16. The summed E-state index contributed by atoms with van der Waals surface area (Å²) in [7, 11) is 0. The smallest absolute Gasteiger partial charge is 0.0620 e. The Bertz CT molecular complexity index is 376. The van der Waals surface area contributed by atoms with Gasteiger partial charge in [-0.15, -0.1) is 0 Å². The maximum atomic E-state index is 4.84. The van der Waals surface area contributed by atoms with Gasteiger partial charge >= 0.3 is 0 Å². The Morgan fingerprint density at radius 3 is 2.05 bits per heavy atom. The van der Waals surface area contributed by atoms with Crippen LogP contribution in [0.4, 0.5) is 0 Å². The molecule has 2 heteroatoms. The van der Waals surface area contributed by atoms with Crippen LogP contribution in [0.15, 0.2) is 12.4 Å². The molecule has 1 atom stereocenters. The first-order valence-corrected chi connectivity index (χ1v) is 9.62. The molecule has 0 saturated carbocycles. The Morgan fingerprint density at radius 1 is 0.773 bits per heavy atom. The molecule has 126 valence electrons. The first-order valence-electron chi connectivity index (χ1n) is 9.62. The fourth-order valence-electron chi connectivity index (χ4n) is 3.04. The molecule has 1 unspecified atom stereocenters. The van der Waals surface area contributed by atoms with Crippen molar-refractivity contribution in [1.82, 2.24) is 9.97 Å². The molecule has 0 aliphatic heterocycles. The van der Waals surface area contributed by atoms with E-state index < -0.39 is 0 Å². The van der Waals surface area contributed by atoms with Crippen LogP contribution >= 0.6 is 0 Å². The molecule has 0 fully saturated rings. The van der Waals surface area contributed by atoms with Gasteiger partial charge in [-0.1, -0.05) is 78.6 Å². The van der Waals surface area contributed by atoms with Crippen LogP contribution in [0.1, 0.15) is 109 Å². The normalized spacial score (nSPS) is 12.5. The molecular weight excluding hydrogens is 268 g/mol. The first-order chi connectivity index (χ1) is 10.8. The minimum Gasteiger partial charge on any atom is -0.261 e. The minimum atomic E-state index is 0.622. The molecule has 0 spiro atoms. The van der Waals surface area contributed by atoms with Crippen molar-refractivity contribution in [3.63, 3.8) is 0 Å². The van der Waals surface area contributed by atoms with Crippen molar-refractivity contribution in [2.75, 3.05) is 0 Å². The Labute approximate surface area is 138 Å². The number of rotatable bonds is 13. The van der Waals surface area contributed by atoms with Crippen molar-refractivity contribution < 1.29 is 0 Å². The van der Waals surface area contributed by atoms with Crippen LogP contribution in [0.25, 0.3) is 0 Å². The minimum absolute atomic E-state index is 0.622. The summed E-state index contributed by atoms with van der Waals surface area (Å²) in [6.45, 7) is 6.72. The summed E-state index contributed by atoms with van der Waals surface area (Å²) >= 11 is 0. The van der Waals surface area contributed by atoms with Gasteiger partial charge in [0.25, 0.3) is 0 Å². The van der Waals surface area contributed by atoms with Crippen LogP contribution in [-0.2, 0) is 6.42 Å². The molecule has 0 saturated heterocycles. The Morgan fingerprint density at radius 2 is 1.36 bits per heavy atom. The molecule has 0 amide bonds. The van der Waals surface area contributed by atoms with E-state index >= 15 is 0 Å². The third kappa shape index (κ3) is 7.91. The standard InChI is InChI=1S/C20H36N2/c1-4-7-9-10-11-13-15-18(14-12-8-5-2)20-17-21-16-19(6-3)22-20/h16-18H,4-15H2,1-3H3. The zero-order chi connectivity index (χ0) is 16.0. The summed E-state index contributed by atoms with van der Waals surface area (Å²) < 4.78 is 0. The van der Waals surface area contributed by atoms with Crippen LogP contribution in [0.5, 0.6) is 0 Å². The fraction of sp³-hybridized carbons (Fsp3) is 0.800.